The molecule has 1 aliphatic carbocycles. The van der Waals surface area contributed by atoms with Gasteiger partial charge in [-0.2, -0.15) is 0 Å². The fourth-order valence-electron chi connectivity index (χ4n) is 1.05. The van der Waals surface area contributed by atoms with Gasteiger partial charge < -0.3 is 14.7 Å². The van der Waals surface area contributed by atoms with Crippen LogP contribution in [0.5, 0.6) is 0 Å². The maximum absolute atomic E-state index is 8.88. The van der Waals surface area contributed by atoms with E-state index in [0.29, 0.717) is 0 Å². The first-order valence-electron chi connectivity index (χ1n) is 4.09. The second-order valence-corrected chi connectivity index (χ2v) is 7.23. The Labute approximate surface area is 133 Å². The molecule has 0 saturated heterocycles. The van der Waals surface area contributed by atoms with Crippen molar-refractivity contribution in [3.63, 3.8) is 0 Å². The van der Waals surface area contributed by atoms with Gasteiger partial charge >= 0.3 is 7.82 Å². The van der Waals surface area contributed by atoms with Gasteiger partial charge in [0.1, 0.15) is 0 Å². The Morgan fingerprint density at radius 2 is 0.667 bits per heavy atom. The zero-order valence-corrected chi connectivity index (χ0v) is 13.8. The lowest BCUT2D eigenvalue weighted by Gasteiger charge is -2.37. The molecular weight excluding hydrogens is 399 g/mol. The van der Waals surface area contributed by atoms with Crippen LogP contribution in [0.4, 0.5) is 4.70 Å². The minimum absolute atomic E-state index is 0. The second-order valence-electron chi connectivity index (χ2n) is 3.18. The van der Waals surface area contributed by atoms with E-state index in [0.717, 1.165) is 0 Å². The number of rotatable bonds is 0. The van der Waals surface area contributed by atoms with Gasteiger partial charge in [0.25, 0.3) is 0 Å². The van der Waals surface area contributed by atoms with Crippen LogP contribution in [0.1, 0.15) is 0 Å². The van der Waals surface area contributed by atoms with Crippen LogP contribution in [0, 0.1) is 0 Å². The van der Waals surface area contributed by atoms with E-state index in [1.54, 1.807) is 0 Å². The van der Waals surface area contributed by atoms with Crippen LogP contribution in [-0.4, -0.2) is 46.9 Å². The molecule has 112 valence electrons. The second kappa shape index (κ2) is 8.93. The van der Waals surface area contributed by atoms with Gasteiger partial charge in [-0.1, -0.05) is 0 Å². The van der Waals surface area contributed by atoms with Crippen molar-refractivity contribution in [3.8, 4) is 0 Å². The van der Waals surface area contributed by atoms with Gasteiger partial charge in [0.2, 0.25) is 0 Å². The topological polar surface area (TPSA) is 77.8 Å². The quantitative estimate of drug-likeness (QED) is 0.425. The van der Waals surface area contributed by atoms with E-state index in [-0.39, 0.29) is 4.70 Å². The fourth-order valence-corrected chi connectivity index (χ4v) is 3.38. The zero-order chi connectivity index (χ0) is 14.0. The van der Waals surface area contributed by atoms with Crippen molar-refractivity contribution in [1.29, 1.82) is 0 Å². The molecule has 1 fully saturated rings. The first-order chi connectivity index (χ1) is 7.46. The molecule has 0 unspecified atom stereocenters. The largest absolute Gasteiger partial charge is 0.466 e. The summed E-state index contributed by atoms with van der Waals surface area (Å²) in [7, 11) is -4.64. The number of alkyl halides is 6. The number of phosphoric acid groups is 1. The monoisotopic (exact) mass is 406 g/mol. The van der Waals surface area contributed by atoms with Crippen molar-refractivity contribution in [2.75, 3.05) is 0 Å². The molecule has 0 aromatic rings. The van der Waals surface area contributed by atoms with Gasteiger partial charge in [0, 0.05) is 0 Å². The number of hydrogen-bond acceptors (Lipinski definition) is 1. The summed E-state index contributed by atoms with van der Waals surface area (Å²) in [5, 5.41) is -2.62. The summed E-state index contributed by atoms with van der Waals surface area (Å²) in [5.41, 5.74) is 0. The number of hydrogen-bond donors (Lipinski definition) is 3. The number of halogens is 7. The minimum Gasteiger partial charge on any atom is -0.303 e. The highest BCUT2D eigenvalue weighted by Crippen LogP contribution is 2.39. The molecule has 0 atom stereocenters. The van der Waals surface area contributed by atoms with Crippen molar-refractivity contribution in [2.24, 2.45) is 0 Å². The van der Waals surface area contributed by atoms with Gasteiger partial charge in [-0.25, -0.2) is 4.57 Å². The molecule has 0 spiro atoms. The Hall–Kier alpha value is 1.78. The summed E-state index contributed by atoms with van der Waals surface area (Å²) in [6.07, 6.45) is 0. The van der Waals surface area contributed by atoms with Crippen LogP contribution in [-0.2, 0) is 4.57 Å². The van der Waals surface area contributed by atoms with E-state index in [2.05, 4.69) is 0 Å². The zero-order valence-electron chi connectivity index (χ0n) is 8.34. The fraction of sp³-hybridized carbons (Fsp3) is 1.00. The summed E-state index contributed by atoms with van der Waals surface area (Å²) >= 11 is 35.3. The van der Waals surface area contributed by atoms with Crippen molar-refractivity contribution < 1.29 is 23.9 Å². The molecule has 12 heteroatoms. The van der Waals surface area contributed by atoms with Crippen LogP contribution in [0.3, 0.4) is 0 Å². The van der Waals surface area contributed by atoms with Crippen LogP contribution >= 0.6 is 77.4 Å². The van der Waals surface area contributed by atoms with E-state index in [1.807, 2.05) is 0 Å². The minimum atomic E-state index is -4.64. The van der Waals surface area contributed by atoms with Crippen LogP contribution in [0.25, 0.3) is 0 Å². The lowest BCUT2D eigenvalue weighted by molar-refractivity contribution is 0.275. The highest BCUT2D eigenvalue weighted by Gasteiger charge is 2.46. The van der Waals surface area contributed by atoms with Gasteiger partial charge in [-0.15, -0.1) is 69.6 Å². The normalized spacial score (nSPS) is 40.3. The molecule has 3 N–H and O–H groups in total. The molecule has 4 nitrogen and oxygen atoms in total. The van der Waals surface area contributed by atoms with Crippen molar-refractivity contribution >= 4 is 77.4 Å². The predicted octanol–water partition coefficient (Wildman–Crippen LogP) is 2.87. The Morgan fingerprint density at radius 1 is 0.611 bits per heavy atom. The third kappa shape index (κ3) is 7.53. The molecular formula is C6H10Cl6FO4P. The van der Waals surface area contributed by atoms with Crippen molar-refractivity contribution in [3.05, 3.63) is 0 Å². The SMILES string of the molecule is ClC1C(Cl)C(Cl)C(Cl)C(Cl)C1Cl.F.O=P(O)(O)O. The Morgan fingerprint density at radius 3 is 0.722 bits per heavy atom. The van der Waals surface area contributed by atoms with E-state index < -0.39 is 40.1 Å². The van der Waals surface area contributed by atoms with Crippen molar-refractivity contribution in [1.82, 2.24) is 0 Å². The first kappa shape index (κ1) is 22.1. The molecule has 1 saturated carbocycles. The molecule has 0 radical (unpaired) electrons. The predicted molar refractivity (Wildman–Crippen MR) is 74.6 cm³/mol. The average Bonchev–Trinajstić information content (AvgIpc) is 2.18. The van der Waals surface area contributed by atoms with Crippen molar-refractivity contribution in [2.45, 2.75) is 32.3 Å². The summed E-state index contributed by atoms with van der Waals surface area (Å²) in [4.78, 5) is 21.6. The van der Waals surface area contributed by atoms with Gasteiger partial charge in [0.05, 0.1) is 32.3 Å². The standard InChI is InChI=1S/C6H6Cl6.FH.H3O4P/c7-1-2(8)4(10)6(12)5(11)3(1)9;;1-5(2,3)4/h1-6H;1H;(H3,1,2,3,4). The Balaban J connectivity index is 0. The summed E-state index contributed by atoms with van der Waals surface area (Å²) in [5.74, 6) is 0. The van der Waals surface area contributed by atoms with E-state index >= 15 is 0 Å². The average molecular weight is 409 g/mol. The molecule has 0 aliphatic heterocycles. The Bertz CT molecular complexity index is 226. The van der Waals surface area contributed by atoms with E-state index in [4.69, 9.17) is 88.9 Å². The molecule has 18 heavy (non-hydrogen) atoms. The molecule has 1 aliphatic rings. The molecule has 0 aromatic carbocycles. The highest BCUT2D eigenvalue weighted by atomic mass is 35.5. The molecule has 0 aromatic heterocycles. The van der Waals surface area contributed by atoms with Gasteiger partial charge in [0.15, 0.2) is 0 Å². The smallest absolute Gasteiger partial charge is 0.303 e. The molecule has 0 amide bonds. The molecule has 0 heterocycles. The third-order valence-electron chi connectivity index (χ3n) is 1.83. The highest BCUT2D eigenvalue weighted by molar-refractivity contribution is 7.45. The lowest BCUT2D eigenvalue weighted by Crippen LogP contribution is -2.52. The van der Waals surface area contributed by atoms with Crippen LogP contribution in [0.15, 0.2) is 0 Å². The maximum atomic E-state index is 8.88. The maximum Gasteiger partial charge on any atom is 0.466 e. The molecule has 1 rings (SSSR count). The van der Waals surface area contributed by atoms with E-state index in [9.17, 15) is 0 Å². The van der Waals surface area contributed by atoms with Gasteiger partial charge in [-0.05, 0) is 0 Å². The summed E-state index contributed by atoms with van der Waals surface area (Å²) in [6, 6.07) is 0. The van der Waals surface area contributed by atoms with Crippen LogP contribution in [0.2, 0.25) is 0 Å². The van der Waals surface area contributed by atoms with Gasteiger partial charge in [-0.3, -0.25) is 4.70 Å². The lowest BCUT2D eigenvalue weighted by atomic mass is 9.97. The van der Waals surface area contributed by atoms with Crippen LogP contribution < -0.4 is 0 Å². The Kier molecular flexibility index (Phi) is 11.0. The summed E-state index contributed by atoms with van der Waals surface area (Å²) in [6.45, 7) is 0. The van der Waals surface area contributed by atoms with E-state index in [1.165, 1.54) is 0 Å². The summed E-state index contributed by atoms with van der Waals surface area (Å²) < 4.78 is 8.88. The third-order valence-corrected chi connectivity index (χ3v) is 5.86. The first-order valence-corrected chi connectivity index (χ1v) is 8.28. The molecule has 0 bridgehead atoms.